The number of hydrogen-bond donors (Lipinski definition) is 3. The molecule has 18 heavy (non-hydrogen) atoms. The van der Waals surface area contributed by atoms with Gasteiger partial charge in [0.1, 0.15) is 5.69 Å². The fraction of sp³-hybridized carbons (Fsp3) is 0.545. The number of anilines is 1. The zero-order valence-corrected chi connectivity index (χ0v) is 10.2. The Morgan fingerprint density at radius 3 is 3.11 bits per heavy atom. The number of likely N-dealkylation sites (tertiary alicyclic amines) is 1. The first-order chi connectivity index (χ1) is 8.67. The van der Waals surface area contributed by atoms with Gasteiger partial charge in [0.15, 0.2) is 5.82 Å². The Labute approximate surface area is 105 Å². The molecule has 1 aromatic heterocycles. The summed E-state index contributed by atoms with van der Waals surface area (Å²) < 4.78 is 0. The number of aliphatic hydroxyl groups excluding tert-OH is 1. The van der Waals surface area contributed by atoms with Crippen molar-refractivity contribution in [1.82, 2.24) is 14.9 Å². The normalized spacial score (nSPS) is 23.2. The molecule has 1 amide bonds. The molecule has 2 rings (SSSR count). The molecule has 2 unspecified atom stereocenters. The van der Waals surface area contributed by atoms with Crippen molar-refractivity contribution in [3.63, 3.8) is 0 Å². The second-order valence-electron chi connectivity index (χ2n) is 4.45. The van der Waals surface area contributed by atoms with Gasteiger partial charge in [0.25, 0.3) is 5.91 Å². The van der Waals surface area contributed by atoms with Crippen LogP contribution < -0.4 is 11.3 Å². The highest BCUT2D eigenvalue weighted by Gasteiger charge is 2.34. The van der Waals surface area contributed by atoms with E-state index in [2.05, 4.69) is 15.4 Å². The average molecular weight is 251 g/mol. The standard InChI is InChI=1S/C11H17N5O2/c1-7-2-3-16(9(7)6-17)11(18)8-4-13-5-10(14-8)15-12/h4-5,7,9,17H,2-3,6,12H2,1H3,(H,14,15). The highest BCUT2D eigenvalue weighted by Crippen LogP contribution is 2.24. The van der Waals surface area contributed by atoms with Crippen molar-refractivity contribution in [2.75, 3.05) is 18.6 Å². The lowest BCUT2D eigenvalue weighted by Gasteiger charge is -2.24. The van der Waals surface area contributed by atoms with Crippen molar-refractivity contribution in [2.45, 2.75) is 19.4 Å². The molecule has 0 aliphatic carbocycles. The van der Waals surface area contributed by atoms with Crippen LogP contribution in [0.3, 0.4) is 0 Å². The molecule has 0 bridgehead atoms. The van der Waals surface area contributed by atoms with Gasteiger partial charge in [-0.3, -0.25) is 9.78 Å². The monoisotopic (exact) mass is 251 g/mol. The number of nitrogens with zero attached hydrogens (tertiary/aromatic N) is 3. The maximum atomic E-state index is 12.3. The van der Waals surface area contributed by atoms with E-state index in [-0.39, 0.29) is 24.2 Å². The van der Waals surface area contributed by atoms with E-state index in [1.807, 2.05) is 6.92 Å². The number of rotatable bonds is 3. The van der Waals surface area contributed by atoms with Crippen molar-refractivity contribution in [2.24, 2.45) is 11.8 Å². The van der Waals surface area contributed by atoms with Crippen LogP contribution in [0.5, 0.6) is 0 Å². The van der Waals surface area contributed by atoms with Crippen LogP contribution in [-0.4, -0.2) is 45.1 Å². The third kappa shape index (κ3) is 2.27. The van der Waals surface area contributed by atoms with E-state index >= 15 is 0 Å². The largest absolute Gasteiger partial charge is 0.394 e. The number of aliphatic hydroxyl groups is 1. The number of nitrogens with two attached hydrogens (primary N) is 1. The van der Waals surface area contributed by atoms with Crippen LogP contribution in [-0.2, 0) is 0 Å². The second kappa shape index (κ2) is 5.28. The van der Waals surface area contributed by atoms with Crippen molar-refractivity contribution in [3.05, 3.63) is 18.1 Å². The van der Waals surface area contributed by atoms with E-state index in [0.717, 1.165) is 6.42 Å². The molecule has 7 nitrogen and oxygen atoms in total. The molecule has 4 N–H and O–H groups in total. The van der Waals surface area contributed by atoms with E-state index in [1.54, 1.807) is 4.90 Å². The Morgan fingerprint density at radius 1 is 1.67 bits per heavy atom. The van der Waals surface area contributed by atoms with Crippen LogP contribution in [0.25, 0.3) is 0 Å². The molecule has 1 aliphatic rings. The van der Waals surface area contributed by atoms with E-state index < -0.39 is 0 Å². The molecule has 0 radical (unpaired) electrons. The molecule has 1 fully saturated rings. The Balaban J connectivity index is 2.20. The molecule has 0 spiro atoms. The molecular weight excluding hydrogens is 234 g/mol. The summed E-state index contributed by atoms with van der Waals surface area (Å²) in [4.78, 5) is 21.9. The van der Waals surface area contributed by atoms with E-state index in [4.69, 9.17) is 5.84 Å². The summed E-state index contributed by atoms with van der Waals surface area (Å²) in [6.45, 7) is 2.63. The molecule has 1 aromatic rings. The first-order valence-corrected chi connectivity index (χ1v) is 5.88. The third-order valence-corrected chi connectivity index (χ3v) is 3.33. The Morgan fingerprint density at radius 2 is 2.44 bits per heavy atom. The number of hydrazine groups is 1. The van der Waals surface area contributed by atoms with Gasteiger partial charge in [0, 0.05) is 6.54 Å². The van der Waals surface area contributed by atoms with Crippen LogP contribution in [0.4, 0.5) is 5.82 Å². The molecule has 0 aromatic carbocycles. The first kappa shape index (κ1) is 12.7. The fourth-order valence-corrected chi connectivity index (χ4v) is 2.22. The van der Waals surface area contributed by atoms with Gasteiger partial charge in [-0.1, -0.05) is 6.92 Å². The molecule has 1 aliphatic heterocycles. The van der Waals surface area contributed by atoms with Gasteiger partial charge in [-0.2, -0.15) is 0 Å². The number of carbonyl (C=O) groups is 1. The van der Waals surface area contributed by atoms with Crippen molar-refractivity contribution >= 4 is 11.7 Å². The number of hydrogen-bond acceptors (Lipinski definition) is 6. The summed E-state index contributed by atoms with van der Waals surface area (Å²) in [6, 6.07) is -0.145. The van der Waals surface area contributed by atoms with E-state index in [9.17, 15) is 9.90 Å². The number of nitrogens with one attached hydrogen (secondary N) is 1. The molecule has 2 heterocycles. The predicted octanol–water partition coefficient (Wildman–Crippen LogP) is -0.395. The Bertz CT molecular complexity index is 439. The van der Waals surface area contributed by atoms with Gasteiger partial charge in [-0.15, -0.1) is 0 Å². The lowest BCUT2D eigenvalue weighted by Crippen LogP contribution is -2.40. The Hall–Kier alpha value is -1.73. The van der Waals surface area contributed by atoms with E-state index in [0.29, 0.717) is 18.3 Å². The molecule has 7 heteroatoms. The maximum Gasteiger partial charge on any atom is 0.274 e. The summed E-state index contributed by atoms with van der Waals surface area (Å²) in [5, 5.41) is 9.34. The first-order valence-electron chi connectivity index (χ1n) is 5.88. The van der Waals surface area contributed by atoms with Crippen LogP contribution in [0.1, 0.15) is 23.8 Å². The van der Waals surface area contributed by atoms with E-state index in [1.165, 1.54) is 12.4 Å². The highest BCUT2D eigenvalue weighted by molar-refractivity contribution is 5.92. The quantitative estimate of drug-likeness (QED) is 0.499. The minimum absolute atomic E-state index is 0.0326. The van der Waals surface area contributed by atoms with Crippen molar-refractivity contribution < 1.29 is 9.90 Å². The van der Waals surface area contributed by atoms with Gasteiger partial charge >= 0.3 is 0 Å². The summed E-state index contributed by atoms with van der Waals surface area (Å²) in [5.74, 6) is 5.65. The average Bonchev–Trinajstić information content (AvgIpc) is 2.79. The zero-order valence-electron chi connectivity index (χ0n) is 10.2. The van der Waals surface area contributed by atoms with Crippen LogP contribution in [0, 0.1) is 5.92 Å². The van der Waals surface area contributed by atoms with Gasteiger partial charge in [-0.25, -0.2) is 10.8 Å². The topological polar surface area (TPSA) is 104 Å². The summed E-state index contributed by atoms with van der Waals surface area (Å²) in [5.41, 5.74) is 2.59. The zero-order chi connectivity index (χ0) is 13.1. The second-order valence-corrected chi connectivity index (χ2v) is 4.45. The van der Waals surface area contributed by atoms with Gasteiger partial charge in [0.2, 0.25) is 0 Å². The lowest BCUT2D eigenvalue weighted by atomic mass is 10.0. The molecule has 0 saturated carbocycles. The van der Waals surface area contributed by atoms with Crippen LogP contribution >= 0.6 is 0 Å². The van der Waals surface area contributed by atoms with Crippen molar-refractivity contribution in [3.8, 4) is 0 Å². The summed E-state index contributed by atoms with van der Waals surface area (Å²) in [7, 11) is 0. The number of amides is 1. The third-order valence-electron chi connectivity index (χ3n) is 3.33. The lowest BCUT2D eigenvalue weighted by molar-refractivity contribution is 0.0642. The fourth-order valence-electron chi connectivity index (χ4n) is 2.22. The number of carbonyl (C=O) groups excluding carboxylic acids is 1. The molecule has 2 atom stereocenters. The predicted molar refractivity (Wildman–Crippen MR) is 65.5 cm³/mol. The molecule has 98 valence electrons. The summed E-state index contributed by atoms with van der Waals surface area (Å²) in [6.07, 6.45) is 3.73. The number of aromatic nitrogens is 2. The summed E-state index contributed by atoms with van der Waals surface area (Å²) >= 11 is 0. The maximum absolute atomic E-state index is 12.3. The Kier molecular flexibility index (Phi) is 3.73. The van der Waals surface area contributed by atoms with Gasteiger partial charge in [0.05, 0.1) is 25.0 Å². The van der Waals surface area contributed by atoms with Crippen LogP contribution in [0.2, 0.25) is 0 Å². The molecular formula is C11H17N5O2. The number of nitrogen functional groups attached to an aromatic ring is 1. The van der Waals surface area contributed by atoms with Gasteiger partial charge in [-0.05, 0) is 12.3 Å². The minimum Gasteiger partial charge on any atom is -0.394 e. The minimum atomic E-state index is -0.219. The van der Waals surface area contributed by atoms with Crippen LogP contribution in [0.15, 0.2) is 12.4 Å². The SMILES string of the molecule is CC1CCN(C(=O)c2cncc(NN)n2)C1CO. The smallest absolute Gasteiger partial charge is 0.274 e. The molecule has 1 saturated heterocycles. The van der Waals surface area contributed by atoms with Gasteiger partial charge < -0.3 is 15.4 Å². The highest BCUT2D eigenvalue weighted by atomic mass is 16.3. The van der Waals surface area contributed by atoms with Crippen molar-refractivity contribution in [1.29, 1.82) is 0 Å².